The van der Waals surface area contributed by atoms with Crippen molar-refractivity contribution in [3.05, 3.63) is 30.3 Å². The molecule has 0 spiro atoms. The van der Waals surface area contributed by atoms with E-state index in [0.29, 0.717) is 5.91 Å². The molecule has 0 radical (unpaired) electrons. The van der Waals surface area contributed by atoms with Crippen LogP contribution in [-0.4, -0.2) is 11.9 Å². The normalized spacial score (nSPS) is 17.2. The molecule has 1 aliphatic carbocycles. The summed E-state index contributed by atoms with van der Waals surface area (Å²) < 4.78 is 0. The molecule has 0 aromatic heterocycles. The number of para-hydroxylation sites is 1. The van der Waals surface area contributed by atoms with E-state index in [1.165, 1.54) is 25.7 Å². The zero-order valence-corrected chi connectivity index (χ0v) is 12.1. The van der Waals surface area contributed by atoms with Crippen LogP contribution < -0.4 is 4.90 Å². The molecule has 1 saturated carbocycles. The van der Waals surface area contributed by atoms with E-state index in [2.05, 4.69) is 13.8 Å². The Morgan fingerprint density at radius 3 is 2.16 bits per heavy atom. The fraction of sp³-hybridized carbons (Fsp3) is 0.588. The monoisotopic (exact) mass is 259 g/mol. The number of hydrogen-bond donors (Lipinski definition) is 0. The third-order valence-corrected chi connectivity index (χ3v) is 3.99. The highest BCUT2D eigenvalue weighted by Gasteiger charge is 2.27. The van der Waals surface area contributed by atoms with Gasteiger partial charge in [-0.05, 0) is 38.8 Å². The van der Waals surface area contributed by atoms with Crippen LogP contribution >= 0.6 is 0 Å². The number of amides is 1. The van der Waals surface area contributed by atoms with Crippen LogP contribution in [0.4, 0.5) is 5.69 Å². The molecule has 2 nitrogen and oxygen atoms in total. The molecule has 1 aromatic carbocycles. The molecular weight excluding hydrogens is 234 g/mol. The van der Waals surface area contributed by atoms with Crippen LogP contribution in [0.5, 0.6) is 0 Å². The summed E-state index contributed by atoms with van der Waals surface area (Å²) >= 11 is 0. The van der Waals surface area contributed by atoms with Crippen LogP contribution in [0.2, 0.25) is 0 Å². The van der Waals surface area contributed by atoms with Gasteiger partial charge in [-0.15, -0.1) is 0 Å². The summed E-state index contributed by atoms with van der Waals surface area (Å²) in [5.74, 6) is 0.549. The van der Waals surface area contributed by atoms with Gasteiger partial charge < -0.3 is 4.90 Å². The van der Waals surface area contributed by atoms with E-state index in [9.17, 15) is 4.79 Å². The maximum atomic E-state index is 12.8. The van der Waals surface area contributed by atoms with Crippen LogP contribution in [0.25, 0.3) is 0 Å². The first kappa shape index (κ1) is 14.1. The summed E-state index contributed by atoms with van der Waals surface area (Å²) in [7, 11) is 0. The highest BCUT2D eigenvalue weighted by molar-refractivity contribution is 5.95. The van der Waals surface area contributed by atoms with Crippen molar-refractivity contribution in [3.63, 3.8) is 0 Å². The highest BCUT2D eigenvalue weighted by Crippen LogP contribution is 2.27. The minimum Gasteiger partial charge on any atom is -0.310 e. The van der Waals surface area contributed by atoms with E-state index >= 15 is 0 Å². The Bertz CT molecular complexity index is 391. The number of carbonyl (C=O) groups excluding carboxylic acids is 1. The molecule has 2 heteroatoms. The zero-order valence-electron chi connectivity index (χ0n) is 12.1. The Morgan fingerprint density at radius 2 is 1.63 bits per heavy atom. The fourth-order valence-electron chi connectivity index (χ4n) is 2.99. The molecule has 0 aliphatic heterocycles. The maximum absolute atomic E-state index is 12.8. The standard InChI is InChI=1S/C17H25NO/c1-14(2)18(16-12-8-5-9-13-16)17(19)15-10-6-3-4-7-11-15/h5,8-9,12-15H,3-4,6-7,10-11H2,1-2H3. The first-order valence-electron chi connectivity index (χ1n) is 7.58. The van der Waals surface area contributed by atoms with E-state index in [-0.39, 0.29) is 12.0 Å². The smallest absolute Gasteiger partial charge is 0.230 e. The largest absolute Gasteiger partial charge is 0.310 e. The quantitative estimate of drug-likeness (QED) is 0.737. The first-order chi connectivity index (χ1) is 9.20. The Kier molecular flexibility index (Phi) is 5.00. The van der Waals surface area contributed by atoms with Gasteiger partial charge in [0.1, 0.15) is 0 Å². The van der Waals surface area contributed by atoms with Crippen molar-refractivity contribution in [1.82, 2.24) is 0 Å². The van der Waals surface area contributed by atoms with Gasteiger partial charge in [-0.25, -0.2) is 0 Å². The number of carbonyl (C=O) groups is 1. The van der Waals surface area contributed by atoms with E-state index in [0.717, 1.165) is 18.5 Å². The fourth-order valence-corrected chi connectivity index (χ4v) is 2.99. The predicted molar refractivity (Wildman–Crippen MR) is 80.3 cm³/mol. The number of anilines is 1. The van der Waals surface area contributed by atoms with E-state index in [1.807, 2.05) is 35.2 Å². The molecule has 0 bridgehead atoms. The molecule has 1 amide bonds. The summed E-state index contributed by atoms with van der Waals surface area (Å²) in [4.78, 5) is 14.8. The molecule has 0 unspecified atom stereocenters. The van der Waals surface area contributed by atoms with Gasteiger partial charge in [0.05, 0.1) is 0 Å². The van der Waals surface area contributed by atoms with Crippen LogP contribution in [0, 0.1) is 5.92 Å². The molecule has 0 heterocycles. The number of benzene rings is 1. The molecule has 1 fully saturated rings. The molecular formula is C17H25NO. The Balaban J connectivity index is 2.16. The second-order valence-corrected chi connectivity index (χ2v) is 5.83. The van der Waals surface area contributed by atoms with Crippen molar-refractivity contribution in [1.29, 1.82) is 0 Å². The predicted octanol–water partition coefficient (Wildman–Crippen LogP) is 4.40. The first-order valence-corrected chi connectivity index (χ1v) is 7.58. The molecule has 0 saturated heterocycles. The third kappa shape index (κ3) is 3.59. The maximum Gasteiger partial charge on any atom is 0.230 e. The van der Waals surface area contributed by atoms with Crippen LogP contribution in [0.1, 0.15) is 52.4 Å². The average Bonchev–Trinajstić information content (AvgIpc) is 2.68. The number of nitrogens with zero attached hydrogens (tertiary/aromatic N) is 1. The minimum atomic E-state index is 0.221. The summed E-state index contributed by atoms with van der Waals surface area (Å²) in [5, 5.41) is 0. The number of hydrogen-bond acceptors (Lipinski definition) is 1. The summed E-state index contributed by atoms with van der Waals surface area (Å²) in [5.41, 5.74) is 1.03. The van der Waals surface area contributed by atoms with E-state index in [1.54, 1.807) is 0 Å². The van der Waals surface area contributed by atoms with Crippen molar-refractivity contribution >= 4 is 11.6 Å². The minimum absolute atomic E-state index is 0.221. The zero-order chi connectivity index (χ0) is 13.7. The van der Waals surface area contributed by atoms with Crippen LogP contribution in [0.15, 0.2) is 30.3 Å². The van der Waals surface area contributed by atoms with Crippen molar-refractivity contribution in [2.75, 3.05) is 4.90 Å². The van der Waals surface area contributed by atoms with Crippen molar-refractivity contribution in [2.24, 2.45) is 5.92 Å². The van der Waals surface area contributed by atoms with Gasteiger partial charge in [0.2, 0.25) is 5.91 Å². The van der Waals surface area contributed by atoms with Crippen LogP contribution in [0.3, 0.4) is 0 Å². The van der Waals surface area contributed by atoms with E-state index < -0.39 is 0 Å². The second kappa shape index (κ2) is 6.74. The van der Waals surface area contributed by atoms with Crippen LogP contribution in [-0.2, 0) is 4.79 Å². The molecule has 1 aliphatic rings. The summed E-state index contributed by atoms with van der Waals surface area (Å²) in [6.07, 6.45) is 7.12. The van der Waals surface area contributed by atoms with Crippen molar-refractivity contribution in [2.45, 2.75) is 58.4 Å². The van der Waals surface area contributed by atoms with Gasteiger partial charge in [-0.3, -0.25) is 4.79 Å². The topological polar surface area (TPSA) is 20.3 Å². The molecule has 0 atom stereocenters. The van der Waals surface area contributed by atoms with Crippen molar-refractivity contribution in [3.8, 4) is 0 Å². The van der Waals surface area contributed by atoms with Gasteiger partial charge in [-0.1, -0.05) is 43.9 Å². The van der Waals surface area contributed by atoms with E-state index in [4.69, 9.17) is 0 Å². The van der Waals surface area contributed by atoms with Gasteiger partial charge in [0, 0.05) is 17.6 Å². The Hall–Kier alpha value is -1.31. The lowest BCUT2D eigenvalue weighted by Crippen LogP contribution is -2.41. The highest BCUT2D eigenvalue weighted by atomic mass is 16.2. The lowest BCUT2D eigenvalue weighted by molar-refractivity contribution is -0.123. The third-order valence-electron chi connectivity index (χ3n) is 3.99. The average molecular weight is 259 g/mol. The SMILES string of the molecule is CC(C)N(C(=O)C1CCCCCC1)c1ccccc1. The number of rotatable bonds is 3. The van der Waals surface area contributed by atoms with Gasteiger partial charge in [0.25, 0.3) is 0 Å². The lowest BCUT2D eigenvalue weighted by Gasteiger charge is -2.30. The molecule has 0 N–H and O–H groups in total. The second-order valence-electron chi connectivity index (χ2n) is 5.83. The summed E-state index contributed by atoms with van der Waals surface area (Å²) in [6, 6.07) is 10.3. The van der Waals surface area contributed by atoms with Gasteiger partial charge >= 0.3 is 0 Å². The molecule has 19 heavy (non-hydrogen) atoms. The molecule has 2 rings (SSSR count). The molecule has 1 aromatic rings. The Labute approximate surface area is 116 Å². The molecule has 104 valence electrons. The van der Waals surface area contributed by atoms with Gasteiger partial charge in [-0.2, -0.15) is 0 Å². The lowest BCUT2D eigenvalue weighted by atomic mass is 9.97. The van der Waals surface area contributed by atoms with Gasteiger partial charge in [0.15, 0.2) is 0 Å². The van der Waals surface area contributed by atoms with Crippen molar-refractivity contribution < 1.29 is 4.79 Å². The summed E-state index contributed by atoms with van der Waals surface area (Å²) in [6.45, 7) is 4.20. The Morgan fingerprint density at radius 1 is 1.05 bits per heavy atom.